The van der Waals surface area contributed by atoms with E-state index in [-0.39, 0.29) is 0 Å². The highest BCUT2D eigenvalue weighted by molar-refractivity contribution is 7.26. The molecule has 0 aliphatic rings. The maximum absolute atomic E-state index is 6.93. The quantitative estimate of drug-likeness (QED) is 0.177. The molecule has 288 valence electrons. The Balaban J connectivity index is 1.09. The average molecular weight is 827 g/mol. The number of aromatic nitrogens is 4. The highest BCUT2D eigenvalue weighted by Crippen LogP contribution is 2.44. The molecule has 0 aliphatic carbocycles. The maximum atomic E-state index is 6.93. The fourth-order valence-electron chi connectivity index (χ4n) is 9.57. The molecule has 0 amide bonds. The molecule has 0 aliphatic heterocycles. The van der Waals surface area contributed by atoms with E-state index in [1.165, 1.54) is 61.9 Å². The summed E-state index contributed by atoms with van der Waals surface area (Å²) >= 11 is 3.59. The van der Waals surface area contributed by atoms with Crippen LogP contribution < -0.4 is 0 Å². The van der Waals surface area contributed by atoms with Crippen LogP contribution in [0, 0.1) is 0 Å². The highest BCUT2D eigenvalue weighted by Gasteiger charge is 2.25. The SMILES string of the molecule is c1ccc2cc3c(cc2c1)c1ccccc1n3-c1ccc2c(oc3ccccc32)c1-c1nc(-c2ccc3c(c2)sc2ccccc23)nc(-c2ccc3c(c2)sc2ccccc23)n1. The van der Waals surface area contributed by atoms with Crippen LogP contribution in [0.3, 0.4) is 0 Å². The predicted octanol–water partition coefficient (Wildman–Crippen LogP) is 15.8. The lowest BCUT2D eigenvalue weighted by molar-refractivity contribution is 0.669. The van der Waals surface area contributed by atoms with Crippen LogP contribution in [-0.4, -0.2) is 19.5 Å². The minimum atomic E-state index is 0.546. The molecule has 0 saturated carbocycles. The topological polar surface area (TPSA) is 56.7 Å². The van der Waals surface area contributed by atoms with Gasteiger partial charge in [-0.2, -0.15) is 0 Å². The molecule has 0 N–H and O–H groups in total. The van der Waals surface area contributed by atoms with Crippen molar-refractivity contribution in [3.8, 4) is 39.9 Å². The molecule has 0 spiro atoms. The molecule has 0 bridgehead atoms. The van der Waals surface area contributed by atoms with Crippen molar-refractivity contribution in [2.45, 2.75) is 0 Å². The number of hydrogen-bond donors (Lipinski definition) is 0. The van der Waals surface area contributed by atoms with Gasteiger partial charge in [0.15, 0.2) is 17.5 Å². The molecule has 5 heterocycles. The molecule has 0 radical (unpaired) electrons. The van der Waals surface area contributed by atoms with Gasteiger partial charge in [-0.15, -0.1) is 22.7 Å². The Kier molecular flexibility index (Phi) is 7.08. The summed E-state index contributed by atoms with van der Waals surface area (Å²) in [5.41, 5.74) is 7.34. The largest absolute Gasteiger partial charge is 0.455 e. The maximum Gasteiger partial charge on any atom is 0.170 e. The van der Waals surface area contributed by atoms with Crippen LogP contribution in [0.2, 0.25) is 0 Å². The second-order valence-corrected chi connectivity index (χ2v) is 18.1. The first-order valence-electron chi connectivity index (χ1n) is 20.7. The first-order chi connectivity index (χ1) is 30.7. The molecule has 0 unspecified atom stereocenters. The fourth-order valence-corrected chi connectivity index (χ4v) is 11.9. The van der Waals surface area contributed by atoms with E-state index in [1.54, 1.807) is 22.7 Å². The number of furan rings is 1. The Morgan fingerprint density at radius 1 is 0.371 bits per heavy atom. The van der Waals surface area contributed by atoms with Gasteiger partial charge in [-0.3, -0.25) is 0 Å². The Morgan fingerprint density at radius 2 is 0.903 bits per heavy atom. The standard InChI is InChI=1S/C55H30N4OS2/c1-2-12-32-28-45-42(27-31(32)11-1)35-13-3-7-17-43(35)59(45)44-26-25-41-36-14-4-8-18-46(36)60-52(41)51(44)55-57-53(33-21-23-39-37-15-5-9-19-47(37)61-49(39)29-33)56-54(58-55)34-22-24-40-38-16-6-10-20-48(38)62-50(40)30-34/h1-30H. The van der Waals surface area contributed by atoms with Gasteiger partial charge in [0, 0.05) is 73.0 Å². The third-order valence-electron chi connectivity index (χ3n) is 12.4. The number of fused-ring (bicyclic) bond motifs is 13. The van der Waals surface area contributed by atoms with Gasteiger partial charge in [-0.25, -0.2) is 15.0 Å². The van der Waals surface area contributed by atoms with Crippen LogP contribution in [0.15, 0.2) is 186 Å². The molecular formula is C55H30N4OS2. The zero-order valence-corrected chi connectivity index (χ0v) is 34.5. The Morgan fingerprint density at radius 3 is 1.60 bits per heavy atom. The van der Waals surface area contributed by atoms with E-state index >= 15 is 0 Å². The minimum absolute atomic E-state index is 0.546. The summed E-state index contributed by atoms with van der Waals surface area (Å²) in [5.74, 6) is 1.76. The third kappa shape index (κ3) is 4.97. The van der Waals surface area contributed by atoms with E-state index in [9.17, 15) is 0 Å². The second-order valence-electron chi connectivity index (χ2n) is 15.9. The molecule has 0 fully saturated rings. The molecule has 0 saturated heterocycles. The monoisotopic (exact) mass is 826 g/mol. The number of nitrogens with zero attached hydrogens (tertiary/aromatic N) is 4. The highest BCUT2D eigenvalue weighted by atomic mass is 32.1. The van der Waals surface area contributed by atoms with Gasteiger partial charge in [-0.05, 0) is 71.4 Å². The van der Waals surface area contributed by atoms with Gasteiger partial charge < -0.3 is 8.98 Å². The lowest BCUT2D eigenvalue weighted by Gasteiger charge is -2.15. The zero-order valence-electron chi connectivity index (χ0n) is 32.8. The van der Waals surface area contributed by atoms with Crippen molar-refractivity contribution in [1.29, 1.82) is 0 Å². The van der Waals surface area contributed by atoms with E-state index < -0.39 is 0 Å². The van der Waals surface area contributed by atoms with Crippen LogP contribution in [0.1, 0.15) is 0 Å². The van der Waals surface area contributed by atoms with Crippen molar-refractivity contribution in [1.82, 2.24) is 19.5 Å². The van der Waals surface area contributed by atoms with Gasteiger partial charge in [0.05, 0.1) is 22.3 Å². The summed E-state index contributed by atoms with van der Waals surface area (Å²) < 4.78 is 14.2. The van der Waals surface area contributed by atoms with Gasteiger partial charge >= 0.3 is 0 Å². The van der Waals surface area contributed by atoms with Crippen molar-refractivity contribution in [2.24, 2.45) is 0 Å². The Bertz CT molecular complexity index is 4060. The van der Waals surface area contributed by atoms with Gasteiger partial charge in [0.25, 0.3) is 0 Å². The summed E-state index contributed by atoms with van der Waals surface area (Å²) in [6, 6.07) is 64.9. The summed E-state index contributed by atoms with van der Waals surface area (Å²) in [6.07, 6.45) is 0. The molecule has 14 rings (SSSR count). The van der Waals surface area contributed by atoms with Gasteiger partial charge in [0.2, 0.25) is 0 Å². The van der Waals surface area contributed by atoms with Crippen LogP contribution in [-0.2, 0) is 0 Å². The molecule has 14 aromatic rings. The first-order valence-corrected chi connectivity index (χ1v) is 22.3. The molecule has 0 atom stereocenters. The molecular weight excluding hydrogens is 797 g/mol. The number of para-hydroxylation sites is 2. The van der Waals surface area contributed by atoms with Gasteiger partial charge in [0.1, 0.15) is 11.2 Å². The van der Waals surface area contributed by atoms with E-state index in [4.69, 9.17) is 19.4 Å². The van der Waals surface area contributed by atoms with Gasteiger partial charge in [-0.1, -0.05) is 121 Å². The number of benzene rings is 9. The third-order valence-corrected chi connectivity index (χ3v) is 14.7. The number of rotatable bonds is 4. The number of hydrogen-bond acceptors (Lipinski definition) is 6. The second kappa shape index (κ2) is 12.9. The number of thiophene rings is 2. The first kappa shape index (κ1) is 34.0. The molecule has 62 heavy (non-hydrogen) atoms. The van der Waals surface area contributed by atoms with E-state index in [0.29, 0.717) is 17.5 Å². The summed E-state index contributed by atoms with van der Waals surface area (Å²) in [4.78, 5) is 16.3. The van der Waals surface area contributed by atoms with Crippen LogP contribution >= 0.6 is 22.7 Å². The fraction of sp³-hybridized carbons (Fsp3) is 0. The Labute approximate surface area is 361 Å². The smallest absolute Gasteiger partial charge is 0.170 e. The molecule has 7 heteroatoms. The van der Waals surface area contributed by atoms with Crippen molar-refractivity contribution < 1.29 is 4.42 Å². The van der Waals surface area contributed by atoms with E-state index in [2.05, 4.69) is 174 Å². The van der Waals surface area contributed by atoms with Crippen molar-refractivity contribution >= 4 is 118 Å². The average Bonchev–Trinajstić information content (AvgIpc) is 4.08. The van der Waals surface area contributed by atoms with Crippen molar-refractivity contribution in [2.75, 3.05) is 0 Å². The van der Waals surface area contributed by atoms with Crippen molar-refractivity contribution in [3.05, 3.63) is 182 Å². The molecule has 5 nitrogen and oxygen atoms in total. The summed E-state index contributed by atoms with van der Waals surface area (Å²) in [6.45, 7) is 0. The van der Waals surface area contributed by atoms with Crippen LogP contribution in [0.25, 0.3) is 135 Å². The normalized spacial score (nSPS) is 12.2. The lowest BCUT2D eigenvalue weighted by atomic mass is 10.0. The summed E-state index contributed by atoms with van der Waals surface area (Å²) in [5, 5.41) is 11.8. The van der Waals surface area contributed by atoms with E-state index in [1.807, 2.05) is 12.1 Å². The van der Waals surface area contributed by atoms with Crippen molar-refractivity contribution in [3.63, 3.8) is 0 Å². The summed E-state index contributed by atoms with van der Waals surface area (Å²) in [7, 11) is 0. The molecule has 9 aromatic carbocycles. The van der Waals surface area contributed by atoms with E-state index in [0.717, 1.165) is 55.3 Å². The Hall–Kier alpha value is -7.71. The molecule has 5 aromatic heterocycles. The van der Waals surface area contributed by atoms with Crippen LogP contribution in [0.5, 0.6) is 0 Å². The predicted molar refractivity (Wildman–Crippen MR) is 261 cm³/mol. The van der Waals surface area contributed by atoms with Crippen LogP contribution in [0.4, 0.5) is 0 Å². The zero-order chi connectivity index (χ0) is 40.5. The lowest BCUT2D eigenvalue weighted by Crippen LogP contribution is -2.04. The minimum Gasteiger partial charge on any atom is -0.455 e.